The highest BCUT2D eigenvalue weighted by Crippen LogP contribution is 2.21. The average Bonchev–Trinajstić information content (AvgIpc) is 2.08. The summed E-state index contributed by atoms with van der Waals surface area (Å²) in [6.45, 7) is 1.27. The third kappa shape index (κ3) is 2.03. The van der Waals surface area contributed by atoms with Gasteiger partial charge in [-0.3, -0.25) is 4.39 Å². The van der Waals surface area contributed by atoms with Crippen molar-refractivity contribution < 1.29 is 8.78 Å². The second kappa shape index (κ2) is 3.99. The van der Waals surface area contributed by atoms with Crippen LogP contribution in [-0.4, -0.2) is 6.67 Å². The standard InChI is InChI=1S/C9H9BrF2/c1-6(5-11)7-2-3-8(10)9(12)4-7/h2-4,6H,5H2,1H3. The van der Waals surface area contributed by atoms with Crippen molar-refractivity contribution in [3.8, 4) is 0 Å². The third-order valence-corrected chi connectivity index (χ3v) is 2.39. The van der Waals surface area contributed by atoms with Gasteiger partial charge >= 0.3 is 0 Å². The highest BCUT2D eigenvalue weighted by atomic mass is 79.9. The van der Waals surface area contributed by atoms with E-state index in [1.54, 1.807) is 19.1 Å². The van der Waals surface area contributed by atoms with Gasteiger partial charge in [-0.2, -0.15) is 0 Å². The van der Waals surface area contributed by atoms with E-state index in [2.05, 4.69) is 15.9 Å². The van der Waals surface area contributed by atoms with Gasteiger partial charge in [0.05, 0.1) is 11.1 Å². The Morgan fingerprint density at radius 3 is 2.67 bits per heavy atom. The van der Waals surface area contributed by atoms with Gasteiger partial charge in [0.25, 0.3) is 0 Å². The molecule has 1 atom stereocenters. The Hall–Kier alpha value is -0.440. The molecule has 1 rings (SSSR count). The van der Waals surface area contributed by atoms with Crippen molar-refractivity contribution in [2.75, 3.05) is 6.67 Å². The molecule has 0 saturated carbocycles. The van der Waals surface area contributed by atoms with E-state index in [0.717, 1.165) is 0 Å². The topological polar surface area (TPSA) is 0 Å². The van der Waals surface area contributed by atoms with E-state index in [1.165, 1.54) is 6.07 Å². The lowest BCUT2D eigenvalue weighted by Gasteiger charge is -2.06. The number of hydrogen-bond donors (Lipinski definition) is 0. The van der Waals surface area contributed by atoms with Crippen LogP contribution in [0, 0.1) is 5.82 Å². The highest BCUT2D eigenvalue weighted by Gasteiger charge is 2.07. The molecule has 0 aliphatic rings. The van der Waals surface area contributed by atoms with E-state index >= 15 is 0 Å². The van der Waals surface area contributed by atoms with E-state index in [1.807, 2.05) is 0 Å². The maximum Gasteiger partial charge on any atom is 0.137 e. The van der Waals surface area contributed by atoms with Gasteiger partial charge in [0, 0.05) is 5.92 Å². The van der Waals surface area contributed by atoms with Crippen LogP contribution in [0.15, 0.2) is 22.7 Å². The highest BCUT2D eigenvalue weighted by molar-refractivity contribution is 9.10. The summed E-state index contributed by atoms with van der Waals surface area (Å²) in [6, 6.07) is 4.67. The zero-order valence-corrected chi connectivity index (χ0v) is 8.24. The van der Waals surface area contributed by atoms with E-state index in [-0.39, 0.29) is 11.7 Å². The quantitative estimate of drug-likeness (QED) is 0.733. The van der Waals surface area contributed by atoms with Crippen molar-refractivity contribution in [3.63, 3.8) is 0 Å². The van der Waals surface area contributed by atoms with Crippen LogP contribution >= 0.6 is 15.9 Å². The number of hydrogen-bond acceptors (Lipinski definition) is 0. The minimum absolute atomic E-state index is 0.229. The van der Waals surface area contributed by atoms with Gasteiger partial charge in [-0.25, -0.2) is 4.39 Å². The van der Waals surface area contributed by atoms with Gasteiger partial charge in [0.2, 0.25) is 0 Å². The first-order valence-corrected chi connectivity index (χ1v) is 4.45. The van der Waals surface area contributed by atoms with Crippen molar-refractivity contribution >= 4 is 15.9 Å². The number of rotatable bonds is 2. The summed E-state index contributed by atoms with van der Waals surface area (Å²) in [7, 11) is 0. The molecule has 0 nitrogen and oxygen atoms in total. The molecular formula is C9H9BrF2. The fourth-order valence-corrected chi connectivity index (χ4v) is 1.15. The van der Waals surface area contributed by atoms with Crippen molar-refractivity contribution in [2.24, 2.45) is 0 Å². The number of benzene rings is 1. The fraction of sp³-hybridized carbons (Fsp3) is 0.333. The molecule has 0 bridgehead atoms. The number of halogens is 3. The SMILES string of the molecule is CC(CF)c1ccc(Br)c(F)c1. The lowest BCUT2D eigenvalue weighted by atomic mass is 10.0. The molecule has 0 aliphatic heterocycles. The van der Waals surface area contributed by atoms with Crippen LogP contribution in [0.4, 0.5) is 8.78 Å². The van der Waals surface area contributed by atoms with Gasteiger partial charge < -0.3 is 0 Å². The molecule has 1 unspecified atom stereocenters. The van der Waals surface area contributed by atoms with Crippen LogP contribution < -0.4 is 0 Å². The van der Waals surface area contributed by atoms with Crippen molar-refractivity contribution in [1.29, 1.82) is 0 Å². The molecule has 0 heterocycles. The van der Waals surface area contributed by atoms with E-state index in [4.69, 9.17) is 0 Å². The molecular weight excluding hydrogens is 226 g/mol. The molecule has 0 saturated heterocycles. The first-order chi connectivity index (χ1) is 5.65. The summed E-state index contributed by atoms with van der Waals surface area (Å²) in [5.74, 6) is -0.569. The minimum atomic E-state index is -0.457. The molecule has 3 heteroatoms. The Morgan fingerprint density at radius 1 is 1.50 bits per heavy atom. The van der Waals surface area contributed by atoms with Gasteiger partial charge in [-0.05, 0) is 33.6 Å². The van der Waals surface area contributed by atoms with Crippen LogP contribution in [0.1, 0.15) is 18.4 Å². The molecule has 0 aliphatic carbocycles. The maximum absolute atomic E-state index is 12.9. The van der Waals surface area contributed by atoms with Crippen LogP contribution in [0.25, 0.3) is 0 Å². The van der Waals surface area contributed by atoms with E-state index < -0.39 is 6.67 Å². The lowest BCUT2D eigenvalue weighted by Crippen LogP contribution is -1.95. The van der Waals surface area contributed by atoms with Gasteiger partial charge in [-0.15, -0.1) is 0 Å². The Morgan fingerprint density at radius 2 is 2.17 bits per heavy atom. The average molecular weight is 235 g/mol. The Bertz CT molecular complexity index is 273. The lowest BCUT2D eigenvalue weighted by molar-refractivity contribution is 0.446. The molecule has 0 aromatic heterocycles. The molecule has 0 N–H and O–H groups in total. The molecule has 0 radical (unpaired) electrons. The number of alkyl halides is 1. The molecule has 0 fully saturated rings. The molecule has 1 aromatic carbocycles. The molecule has 1 aromatic rings. The predicted molar refractivity (Wildman–Crippen MR) is 48.5 cm³/mol. The first kappa shape index (κ1) is 9.65. The zero-order valence-electron chi connectivity index (χ0n) is 6.65. The molecule has 0 spiro atoms. The third-order valence-electron chi connectivity index (χ3n) is 1.74. The van der Waals surface area contributed by atoms with E-state index in [0.29, 0.717) is 10.0 Å². The summed E-state index contributed by atoms with van der Waals surface area (Å²) >= 11 is 3.03. The van der Waals surface area contributed by atoms with Crippen molar-refractivity contribution in [1.82, 2.24) is 0 Å². The Kier molecular flexibility index (Phi) is 3.20. The summed E-state index contributed by atoms with van der Waals surface area (Å²) in [4.78, 5) is 0. The predicted octanol–water partition coefficient (Wildman–Crippen LogP) is 3.66. The second-order valence-electron chi connectivity index (χ2n) is 2.73. The first-order valence-electron chi connectivity index (χ1n) is 3.66. The summed E-state index contributed by atoms with van der Waals surface area (Å²) in [5, 5.41) is 0. The van der Waals surface area contributed by atoms with E-state index in [9.17, 15) is 8.78 Å². The second-order valence-corrected chi connectivity index (χ2v) is 3.58. The molecule has 0 amide bonds. The van der Waals surface area contributed by atoms with Gasteiger partial charge in [0.1, 0.15) is 5.82 Å². The van der Waals surface area contributed by atoms with Crippen LogP contribution in [0.2, 0.25) is 0 Å². The van der Waals surface area contributed by atoms with Crippen molar-refractivity contribution in [3.05, 3.63) is 34.1 Å². The monoisotopic (exact) mass is 234 g/mol. The Balaban J connectivity index is 2.96. The summed E-state index contributed by atoms with van der Waals surface area (Å²) in [6.07, 6.45) is 0. The van der Waals surface area contributed by atoms with Gasteiger partial charge in [0.15, 0.2) is 0 Å². The van der Waals surface area contributed by atoms with Crippen LogP contribution in [0.5, 0.6) is 0 Å². The van der Waals surface area contributed by atoms with Gasteiger partial charge in [-0.1, -0.05) is 13.0 Å². The summed E-state index contributed by atoms with van der Waals surface area (Å²) < 4.78 is 25.5. The minimum Gasteiger partial charge on any atom is -0.250 e. The smallest absolute Gasteiger partial charge is 0.137 e. The molecule has 66 valence electrons. The molecule has 12 heavy (non-hydrogen) atoms. The maximum atomic E-state index is 12.9. The fourth-order valence-electron chi connectivity index (χ4n) is 0.908. The van der Waals surface area contributed by atoms with Crippen LogP contribution in [0.3, 0.4) is 0 Å². The Labute approximate surface area is 78.7 Å². The summed E-state index contributed by atoms with van der Waals surface area (Å²) in [5.41, 5.74) is 0.693. The normalized spacial score (nSPS) is 13.0. The largest absolute Gasteiger partial charge is 0.250 e. The van der Waals surface area contributed by atoms with Crippen LogP contribution in [-0.2, 0) is 0 Å². The van der Waals surface area contributed by atoms with Crippen molar-refractivity contribution in [2.45, 2.75) is 12.8 Å². The zero-order chi connectivity index (χ0) is 9.14.